The molecule has 0 aliphatic heterocycles. The first-order chi connectivity index (χ1) is 13.7. The Balaban J connectivity index is 1.65. The van der Waals surface area contributed by atoms with Gasteiger partial charge in [0.25, 0.3) is 5.91 Å². The molecule has 152 valence electrons. The minimum atomic E-state index is -0.521. The normalized spacial score (nSPS) is 11.5. The smallest absolute Gasteiger partial charge is 0.252 e. The number of amides is 2. The number of imidazole rings is 1. The van der Waals surface area contributed by atoms with Crippen LogP contribution in [0.15, 0.2) is 42.5 Å². The van der Waals surface area contributed by atoms with Gasteiger partial charge in [0, 0.05) is 18.5 Å². The Kier molecular flexibility index (Phi) is 5.88. The van der Waals surface area contributed by atoms with Crippen LogP contribution in [0.3, 0.4) is 0 Å². The van der Waals surface area contributed by atoms with Crippen LogP contribution in [0.25, 0.3) is 11.0 Å². The van der Waals surface area contributed by atoms with Crippen molar-refractivity contribution in [3.05, 3.63) is 58.9 Å². The molecule has 1 heterocycles. The van der Waals surface area contributed by atoms with Crippen molar-refractivity contribution >= 4 is 40.4 Å². The Morgan fingerprint density at radius 2 is 1.90 bits per heavy atom. The standard InChI is InChI=1S/C21H22ClFN4O2/c1-21(2,3)27-17-7-5-4-6-16(17)25-20(27)26-18(28)10-11-24-19(29)14-9-8-13(23)12-15(14)22/h4-9,12H,10-11H2,1-3H3,(H,24,29)(H,25,26,28). The van der Waals surface area contributed by atoms with Crippen molar-refractivity contribution < 1.29 is 14.0 Å². The second-order valence-electron chi connectivity index (χ2n) is 7.61. The molecule has 0 saturated carbocycles. The summed E-state index contributed by atoms with van der Waals surface area (Å²) in [5, 5.41) is 5.46. The molecule has 2 aromatic carbocycles. The second kappa shape index (κ2) is 8.21. The summed E-state index contributed by atoms with van der Waals surface area (Å²) in [5.41, 5.74) is 1.58. The van der Waals surface area contributed by atoms with Gasteiger partial charge in [0.05, 0.1) is 21.6 Å². The summed E-state index contributed by atoms with van der Waals surface area (Å²) in [6.45, 7) is 6.20. The molecule has 0 bridgehead atoms. The first kappa shape index (κ1) is 20.8. The van der Waals surface area contributed by atoms with E-state index in [2.05, 4.69) is 15.6 Å². The zero-order valence-corrected chi connectivity index (χ0v) is 17.2. The van der Waals surface area contributed by atoms with Gasteiger partial charge in [0.2, 0.25) is 11.9 Å². The number of rotatable bonds is 5. The number of hydrogen-bond acceptors (Lipinski definition) is 3. The molecule has 0 aliphatic carbocycles. The van der Waals surface area contributed by atoms with Gasteiger partial charge in [0.1, 0.15) is 5.82 Å². The number of nitrogens with zero attached hydrogens (tertiary/aromatic N) is 2. The van der Waals surface area contributed by atoms with Crippen molar-refractivity contribution in [3.8, 4) is 0 Å². The van der Waals surface area contributed by atoms with Crippen LogP contribution < -0.4 is 10.6 Å². The Labute approximate surface area is 173 Å². The number of fused-ring (bicyclic) bond motifs is 1. The minimum Gasteiger partial charge on any atom is -0.351 e. The number of anilines is 1. The predicted octanol–water partition coefficient (Wildman–Crippen LogP) is 4.34. The zero-order valence-electron chi connectivity index (χ0n) is 16.4. The molecular weight excluding hydrogens is 395 g/mol. The first-order valence-corrected chi connectivity index (χ1v) is 9.55. The third-order valence-corrected chi connectivity index (χ3v) is 4.61. The van der Waals surface area contributed by atoms with Gasteiger partial charge in [-0.15, -0.1) is 0 Å². The summed E-state index contributed by atoms with van der Waals surface area (Å²) in [5.74, 6) is -0.815. The van der Waals surface area contributed by atoms with Crippen molar-refractivity contribution in [2.24, 2.45) is 0 Å². The van der Waals surface area contributed by atoms with E-state index in [1.165, 1.54) is 6.07 Å². The number of para-hydroxylation sites is 2. The lowest BCUT2D eigenvalue weighted by Crippen LogP contribution is -2.29. The average Bonchev–Trinajstić information content (AvgIpc) is 2.99. The van der Waals surface area contributed by atoms with Crippen molar-refractivity contribution in [1.29, 1.82) is 0 Å². The van der Waals surface area contributed by atoms with Gasteiger partial charge in [-0.2, -0.15) is 0 Å². The topological polar surface area (TPSA) is 76.0 Å². The Morgan fingerprint density at radius 3 is 2.59 bits per heavy atom. The first-order valence-electron chi connectivity index (χ1n) is 9.18. The fraction of sp³-hybridized carbons (Fsp3) is 0.286. The number of carbonyl (C=O) groups excluding carboxylic acids is 2. The van der Waals surface area contributed by atoms with E-state index in [1.54, 1.807) is 0 Å². The van der Waals surface area contributed by atoms with Gasteiger partial charge in [-0.05, 0) is 51.1 Å². The van der Waals surface area contributed by atoms with Crippen LogP contribution in [-0.4, -0.2) is 27.9 Å². The molecule has 0 atom stereocenters. The van der Waals surface area contributed by atoms with Crippen LogP contribution >= 0.6 is 11.6 Å². The maximum absolute atomic E-state index is 13.1. The van der Waals surface area contributed by atoms with Crippen LogP contribution in [-0.2, 0) is 10.3 Å². The van der Waals surface area contributed by atoms with Gasteiger partial charge in [0.15, 0.2) is 0 Å². The zero-order chi connectivity index (χ0) is 21.2. The summed E-state index contributed by atoms with van der Waals surface area (Å²) in [6, 6.07) is 11.2. The molecule has 3 rings (SSSR count). The predicted molar refractivity (Wildman–Crippen MR) is 112 cm³/mol. The van der Waals surface area contributed by atoms with Crippen molar-refractivity contribution in [3.63, 3.8) is 0 Å². The molecule has 0 radical (unpaired) electrons. The molecule has 8 heteroatoms. The molecule has 3 aromatic rings. The van der Waals surface area contributed by atoms with E-state index in [0.717, 1.165) is 23.2 Å². The number of benzene rings is 2. The summed E-state index contributed by atoms with van der Waals surface area (Å²) < 4.78 is 15.1. The van der Waals surface area contributed by atoms with Gasteiger partial charge >= 0.3 is 0 Å². The Morgan fingerprint density at radius 1 is 1.17 bits per heavy atom. The van der Waals surface area contributed by atoms with E-state index in [0.29, 0.717) is 5.95 Å². The largest absolute Gasteiger partial charge is 0.351 e. The highest BCUT2D eigenvalue weighted by Gasteiger charge is 2.22. The molecule has 0 aliphatic rings. The number of nitrogens with one attached hydrogen (secondary N) is 2. The second-order valence-corrected chi connectivity index (χ2v) is 8.02. The van der Waals surface area contributed by atoms with Gasteiger partial charge in [-0.1, -0.05) is 23.7 Å². The third-order valence-electron chi connectivity index (χ3n) is 4.30. The maximum Gasteiger partial charge on any atom is 0.252 e. The highest BCUT2D eigenvalue weighted by Crippen LogP contribution is 2.28. The lowest BCUT2D eigenvalue weighted by Gasteiger charge is -2.24. The number of carbonyl (C=O) groups is 2. The van der Waals surface area contributed by atoms with Crippen molar-refractivity contribution in [2.45, 2.75) is 32.7 Å². The number of halogens is 2. The SMILES string of the molecule is CC(C)(C)n1c(NC(=O)CCNC(=O)c2ccc(F)cc2Cl)nc2ccccc21. The van der Waals surface area contributed by atoms with Crippen molar-refractivity contribution in [1.82, 2.24) is 14.9 Å². The molecular formula is C21H22ClFN4O2. The molecule has 0 unspecified atom stereocenters. The van der Waals surface area contributed by atoms with E-state index < -0.39 is 11.7 Å². The van der Waals surface area contributed by atoms with Crippen LogP contribution in [0.2, 0.25) is 5.02 Å². The summed E-state index contributed by atoms with van der Waals surface area (Å²) in [6.07, 6.45) is 0.0535. The van der Waals surface area contributed by atoms with Crippen LogP contribution in [0, 0.1) is 5.82 Å². The molecule has 0 saturated heterocycles. The molecule has 0 spiro atoms. The summed E-state index contributed by atoms with van der Waals surface area (Å²) >= 11 is 5.88. The highest BCUT2D eigenvalue weighted by atomic mass is 35.5. The summed E-state index contributed by atoms with van der Waals surface area (Å²) in [7, 11) is 0. The monoisotopic (exact) mass is 416 g/mol. The lowest BCUT2D eigenvalue weighted by atomic mass is 10.1. The quantitative estimate of drug-likeness (QED) is 0.649. The van der Waals surface area contributed by atoms with E-state index in [9.17, 15) is 14.0 Å². The molecule has 6 nitrogen and oxygen atoms in total. The van der Waals surface area contributed by atoms with E-state index in [-0.39, 0.29) is 35.0 Å². The molecule has 1 aromatic heterocycles. The molecule has 29 heavy (non-hydrogen) atoms. The lowest BCUT2D eigenvalue weighted by molar-refractivity contribution is -0.116. The fourth-order valence-electron chi connectivity index (χ4n) is 3.03. The fourth-order valence-corrected chi connectivity index (χ4v) is 3.29. The van der Waals surface area contributed by atoms with Crippen LogP contribution in [0.5, 0.6) is 0 Å². The van der Waals surface area contributed by atoms with Gasteiger partial charge < -0.3 is 9.88 Å². The molecule has 0 fully saturated rings. The average molecular weight is 417 g/mol. The minimum absolute atomic E-state index is 0.0193. The Bertz CT molecular complexity index is 1070. The summed E-state index contributed by atoms with van der Waals surface area (Å²) in [4.78, 5) is 29.1. The van der Waals surface area contributed by atoms with Gasteiger partial charge in [-0.25, -0.2) is 9.37 Å². The highest BCUT2D eigenvalue weighted by molar-refractivity contribution is 6.33. The maximum atomic E-state index is 13.1. The van der Waals surface area contributed by atoms with Crippen LogP contribution in [0.1, 0.15) is 37.6 Å². The van der Waals surface area contributed by atoms with E-state index in [4.69, 9.17) is 11.6 Å². The van der Waals surface area contributed by atoms with Gasteiger partial charge in [-0.3, -0.25) is 14.9 Å². The number of aromatic nitrogens is 2. The molecule has 2 amide bonds. The Hall–Kier alpha value is -2.93. The number of hydrogen-bond donors (Lipinski definition) is 2. The molecule has 2 N–H and O–H groups in total. The third kappa shape index (κ3) is 4.74. The van der Waals surface area contributed by atoms with Crippen molar-refractivity contribution in [2.75, 3.05) is 11.9 Å². The van der Waals surface area contributed by atoms with E-state index in [1.807, 2.05) is 49.6 Å². The van der Waals surface area contributed by atoms with Crippen LogP contribution in [0.4, 0.5) is 10.3 Å². The van der Waals surface area contributed by atoms with E-state index >= 15 is 0 Å².